The Morgan fingerprint density at radius 3 is 2.63 bits per heavy atom. The predicted molar refractivity (Wildman–Crippen MR) is 107 cm³/mol. The number of guanidine groups is 1. The molecule has 0 saturated carbocycles. The number of hydrogen-bond acceptors (Lipinski definition) is 3. The molecule has 2 heterocycles. The summed E-state index contributed by atoms with van der Waals surface area (Å²) in [4.78, 5) is 18.2. The number of piperidine rings is 1. The molecule has 1 saturated heterocycles. The smallest absolute Gasteiger partial charge is 0.220 e. The van der Waals surface area contributed by atoms with Crippen LogP contribution in [0.25, 0.3) is 5.69 Å². The van der Waals surface area contributed by atoms with Crippen molar-refractivity contribution in [3.05, 3.63) is 48.3 Å². The third-order valence-corrected chi connectivity index (χ3v) is 4.97. The van der Waals surface area contributed by atoms with Crippen molar-refractivity contribution in [2.45, 2.75) is 25.8 Å². The molecule has 1 amide bonds. The fourth-order valence-electron chi connectivity index (χ4n) is 3.40. The summed E-state index contributed by atoms with van der Waals surface area (Å²) < 4.78 is 1.88. The molecule has 1 aliphatic heterocycles. The first-order valence-corrected chi connectivity index (χ1v) is 9.45. The van der Waals surface area contributed by atoms with Crippen LogP contribution in [0.2, 0.25) is 0 Å². The van der Waals surface area contributed by atoms with Gasteiger partial charge in [-0.1, -0.05) is 18.2 Å². The molecule has 1 fully saturated rings. The van der Waals surface area contributed by atoms with E-state index in [-0.39, 0.29) is 5.91 Å². The summed E-state index contributed by atoms with van der Waals surface area (Å²) in [7, 11) is 3.50. The van der Waals surface area contributed by atoms with Gasteiger partial charge >= 0.3 is 0 Å². The van der Waals surface area contributed by atoms with Crippen molar-refractivity contribution < 1.29 is 4.79 Å². The van der Waals surface area contributed by atoms with Crippen LogP contribution in [0.15, 0.2) is 47.6 Å². The summed E-state index contributed by atoms with van der Waals surface area (Å²) in [6, 6.07) is 12.1. The molecule has 0 aliphatic carbocycles. The molecule has 0 atom stereocenters. The zero-order valence-electron chi connectivity index (χ0n) is 16.1. The molecule has 7 nitrogen and oxygen atoms in total. The molecule has 2 aromatic rings. The van der Waals surface area contributed by atoms with Crippen molar-refractivity contribution in [2.24, 2.45) is 10.9 Å². The van der Waals surface area contributed by atoms with E-state index in [1.54, 1.807) is 7.05 Å². The number of hydrogen-bond donors (Lipinski definition) is 2. The summed E-state index contributed by atoms with van der Waals surface area (Å²) in [6.45, 7) is 2.46. The second kappa shape index (κ2) is 9.21. The second-order valence-electron chi connectivity index (χ2n) is 6.80. The van der Waals surface area contributed by atoms with Gasteiger partial charge in [-0.2, -0.15) is 5.10 Å². The monoisotopic (exact) mass is 368 g/mol. The highest BCUT2D eigenvalue weighted by Gasteiger charge is 2.23. The van der Waals surface area contributed by atoms with E-state index in [4.69, 9.17) is 0 Å². The Balaban J connectivity index is 1.50. The lowest BCUT2D eigenvalue weighted by atomic mass is 9.93. The summed E-state index contributed by atoms with van der Waals surface area (Å²) in [6.07, 6.45) is 4.61. The summed E-state index contributed by atoms with van der Waals surface area (Å²) in [5.41, 5.74) is 2.01. The van der Waals surface area contributed by atoms with Crippen LogP contribution in [0.1, 0.15) is 25.0 Å². The predicted octanol–water partition coefficient (Wildman–Crippen LogP) is 1.80. The largest absolute Gasteiger partial charge is 0.359 e. The van der Waals surface area contributed by atoms with Gasteiger partial charge in [0.2, 0.25) is 5.91 Å². The third-order valence-electron chi connectivity index (χ3n) is 4.97. The average molecular weight is 368 g/mol. The second-order valence-corrected chi connectivity index (χ2v) is 6.80. The maximum atomic E-state index is 11.5. The van der Waals surface area contributed by atoms with E-state index < -0.39 is 0 Å². The maximum Gasteiger partial charge on any atom is 0.220 e. The fourth-order valence-corrected chi connectivity index (χ4v) is 3.40. The number of carbonyl (C=O) groups excluding carboxylic acids is 1. The topological polar surface area (TPSA) is 74.5 Å². The lowest BCUT2D eigenvalue weighted by Gasteiger charge is -2.34. The number of rotatable bonds is 5. The average Bonchev–Trinajstić information content (AvgIpc) is 3.19. The Bertz CT molecular complexity index is 762. The van der Waals surface area contributed by atoms with Gasteiger partial charge in [0.1, 0.15) is 0 Å². The van der Waals surface area contributed by atoms with Crippen molar-refractivity contribution in [1.82, 2.24) is 25.3 Å². The molecule has 0 radical (unpaired) electrons. The number of aliphatic imine (C=N–C) groups is 1. The van der Waals surface area contributed by atoms with E-state index in [9.17, 15) is 4.79 Å². The molecule has 27 heavy (non-hydrogen) atoms. The molecular weight excluding hydrogens is 340 g/mol. The highest BCUT2D eigenvalue weighted by atomic mass is 16.1. The summed E-state index contributed by atoms with van der Waals surface area (Å²) in [5, 5.41) is 10.7. The number of amides is 1. The molecule has 7 heteroatoms. The minimum Gasteiger partial charge on any atom is -0.359 e. The molecule has 1 aromatic heterocycles. The molecule has 1 aromatic carbocycles. The van der Waals surface area contributed by atoms with Gasteiger partial charge < -0.3 is 15.5 Å². The molecule has 3 rings (SSSR count). The van der Waals surface area contributed by atoms with Crippen molar-refractivity contribution in [1.29, 1.82) is 0 Å². The Labute approximate surface area is 160 Å². The van der Waals surface area contributed by atoms with Gasteiger partial charge in [0.15, 0.2) is 5.96 Å². The number of likely N-dealkylation sites (tertiary alicyclic amines) is 1. The Kier molecular flexibility index (Phi) is 6.46. The first-order chi connectivity index (χ1) is 13.2. The Morgan fingerprint density at radius 2 is 1.96 bits per heavy atom. The van der Waals surface area contributed by atoms with Gasteiger partial charge in [0.05, 0.1) is 17.9 Å². The van der Waals surface area contributed by atoms with Crippen molar-refractivity contribution in [3.8, 4) is 5.69 Å². The summed E-state index contributed by atoms with van der Waals surface area (Å²) >= 11 is 0. The van der Waals surface area contributed by atoms with Crippen molar-refractivity contribution in [2.75, 3.05) is 27.2 Å². The SMILES string of the molecule is CN=C(NCc1ccn(-c2ccccc2)n1)N1CCC(CC(=O)NC)CC1. The minimum atomic E-state index is 0.130. The standard InChI is InChI=1S/C20H28N6O/c1-21-19(27)14-16-8-11-25(12-9-16)20(22-2)23-15-17-10-13-26(24-17)18-6-4-3-5-7-18/h3-7,10,13,16H,8-9,11-12,14-15H2,1-2H3,(H,21,27)(H,22,23). The fraction of sp³-hybridized carbons (Fsp3) is 0.450. The highest BCUT2D eigenvalue weighted by Crippen LogP contribution is 2.20. The molecule has 2 N–H and O–H groups in total. The number of benzene rings is 1. The van der Waals surface area contributed by atoms with Gasteiger partial charge in [-0.05, 0) is 37.0 Å². The molecule has 0 bridgehead atoms. The zero-order chi connectivity index (χ0) is 19.1. The molecule has 0 unspecified atom stereocenters. The van der Waals surface area contributed by atoms with E-state index in [2.05, 4.69) is 25.6 Å². The van der Waals surface area contributed by atoms with Crippen LogP contribution in [0.5, 0.6) is 0 Å². The van der Waals surface area contributed by atoms with Gasteiger partial charge in [0.25, 0.3) is 0 Å². The first kappa shape index (κ1) is 18.9. The van der Waals surface area contributed by atoms with Crippen LogP contribution in [0.4, 0.5) is 0 Å². The number of carbonyl (C=O) groups is 1. The summed E-state index contributed by atoms with van der Waals surface area (Å²) in [5.74, 6) is 1.48. The lowest BCUT2D eigenvalue weighted by molar-refractivity contribution is -0.121. The van der Waals surface area contributed by atoms with E-state index in [1.165, 1.54) is 0 Å². The van der Waals surface area contributed by atoms with Gasteiger partial charge in [-0.15, -0.1) is 0 Å². The van der Waals surface area contributed by atoms with Crippen LogP contribution in [0.3, 0.4) is 0 Å². The Hall–Kier alpha value is -2.83. The molecule has 1 aliphatic rings. The van der Waals surface area contributed by atoms with Gasteiger partial charge in [-0.25, -0.2) is 4.68 Å². The normalized spacial score (nSPS) is 15.6. The number of nitrogens with zero attached hydrogens (tertiary/aromatic N) is 4. The molecule has 144 valence electrons. The number of para-hydroxylation sites is 1. The molecule has 0 spiro atoms. The quantitative estimate of drug-likeness (QED) is 0.623. The van der Waals surface area contributed by atoms with E-state index in [0.29, 0.717) is 18.9 Å². The number of nitrogens with one attached hydrogen (secondary N) is 2. The van der Waals surface area contributed by atoms with Crippen molar-refractivity contribution >= 4 is 11.9 Å². The third kappa shape index (κ3) is 5.09. The van der Waals surface area contributed by atoms with Crippen LogP contribution in [-0.4, -0.2) is 53.7 Å². The van der Waals surface area contributed by atoms with E-state index in [0.717, 1.165) is 43.3 Å². The molecular formula is C20H28N6O. The zero-order valence-corrected chi connectivity index (χ0v) is 16.1. The van der Waals surface area contributed by atoms with Crippen molar-refractivity contribution in [3.63, 3.8) is 0 Å². The van der Waals surface area contributed by atoms with Gasteiger partial charge in [0, 0.05) is 39.8 Å². The van der Waals surface area contributed by atoms with Crippen LogP contribution in [0, 0.1) is 5.92 Å². The first-order valence-electron chi connectivity index (χ1n) is 9.45. The lowest BCUT2D eigenvalue weighted by Crippen LogP contribution is -2.45. The van der Waals surface area contributed by atoms with Gasteiger partial charge in [-0.3, -0.25) is 9.79 Å². The van der Waals surface area contributed by atoms with Crippen LogP contribution in [-0.2, 0) is 11.3 Å². The maximum absolute atomic E-state index is 11.5. The highest BCUT2D eigenvalue weighted by molar-refractivity contribution is 5.80. The van der Waals surface area contributed by atoms with E-state index >= 15 is 0 Å². The number of aromatic nitrogens is 2. The Morgan fingerprint density at radius 1 is 1.22 bits per heavy atom. The van der Waals surface area contributed by atoms with E-state index in [1.807, 2.05) is 54.3 Å². The van der Waals surface area contributed by atoms with Crippen LogP contribution < -0.4 is 10.6 Å². The van der Waals surface area contributed by atoms with Crippen LogP contribution >= 0.6 is 0 Å². The minimum absolute atomic E-state index is 0.130.